The Morgan fingerprint density at radius 2 is 2.09 bits per heavy atom. The maximum atomic E-state index is 10.7. The zero-order chi connectivity index (χ0) is 8.69. The second-order valence-corrected chi connectivity index (χ2v) is 2.93. The lowest BCUT2D eigenvalue weighted by atomic mass is 10.3. The first kappa shape index (κ1) is 10.6. The minimum Gasteiger partial charge on any atom is -0.465 e. The molecule has 0 aliphatic rings. The molecule has 0 aliphatic carbocycles. The number of rotatable bonds is 5. The van der Waals surface area contributed by atoms with Crippen molar-refractivity contribution in [1.82, 2.24) is 0 Å². The van der Waals surface area contributed by atoms with Crippen molar-refractivity contribution in [2.75, 3.05) is 11.9 Å². The molecule has 0 atom stereocenters. The number of esters is 1. The molecule has 0 aliphatic heterocycles. The van der Waals surface area contributed by atoms with Crippen molar-refractivity contribution >= 4 is 27.7 Å². The molecule has 0 saturated heterocycles. The van der Waals surface area contributed by atoms with Gasteiger partial charge in [-0.25, -0.2) is 0 Å². The van der Waals surface area contributed by atoms with Crippen LogP contribution in [0.1, 0.15) is 19.8 Å². The molecule has 64 valence electrons. The number of alkyl halides is 1. The van der Waals surface area contributed by atoms with E-state index in [9.17, 15) is 9.59 Å². The molecule has 0 radical (unpaired) electrons. The first-order chi connectivity index (χ1) is 5.16. The number of halogens is 1. The van der Waals surface area contributed by atoms with Crippen molar-refractivity contribution in [3.63, 3.8) is 0 Å². The van der Waals surface area contributed by atoms with Gasteiger partial charge in [-0.15, -0.1) is 0 Å². The maximum Gasteiger partial charge on any atom is 0.313 e. The molecule has 0 aromatic heterocycles. The van der Waals surface area contributed by atoms with Gasteiger partial charge in [0.15, 0.2) is 0 Å². The van der Waals surface area contributed by atoms with Crippen LogP contribution >= 0.6 is 15.9 Å². The van der Waals surface area contributed by atoms with Gasteiger partial charge >= 0.3 is 5.97 Å². The number of Topliss-reactive ketones (excluding diaryl/α,β-unsaturated/α-hetero) is 1. The third kappa shape index (κ3) is 7.52. The molecule has 0 fully saturated rings. The number of carbonyl (C=O) groups excluding carboxylic acids is 2. The Balaban J connectivity index is 3.30. The monoisotopic (exact) mass is 222 g/mol. The van der Waals surface area contributed by atoms with Gasteiger partial charge in [0.25, 0.3) is 0 Å². The number of hydrogen-bond acceptors (Lipinski definition) is 3. The first-order valence-corrected chi connectivity index (χ1v) is 4.50. The van der Waals surface area contributed by atoms with E-state index < -0.39 is 5.97 Å². The van der Waals surface area contributed by atoms with Crippen molar-refractivity contribution in [2.45, 2.75) is 19.8 Å². The molecule has 3 nitrogen and oxygen atoms in total. The van der Waals surface area contributed by atoms with E-state index in [2.05, 4.69) is 15.9 Å². The lowest BCUT2D eigenvalue weighted by Gasteiger charge is -2.00. The van der Waals surface area contributed by atoms with Crippen molar-refractivity contribution in [3.8, 4) is 0 Å². The maximum absolute atomic E-state index is 10.7. The van der Waals surface area contributed by atoms with E-state index in [-0.39, 0.29) is 12.2 Å². The van der Waals surface area contributed by atoms with E-state index in [0.29, 0.717) is 6.61 Å². The molecular formula is C7H11BrO3. The zero-order valence-corrected chi connectivity index (χ0v) is 8.02. The van der Waals surface area contributed by atoms with E-state index in [1.807, 2.05) is 0 Å². The van der Waals surface area contributed by atoms with Gasteiger partial charge in [-0.05, 0) is 13.3 Å². The average Bonchev–Trinajstić information content (AvgIpc) is 1.86. The van der Waals surface area contributed by atoms with Crippen molar-refractivity contribution < 1.29 is 14.3 Å². The van der Waals surface area contributed by atoms with E-state index >= 15 is 0 Å². The Morgan fingerprint density at radius 3 is 2.55 bits per heavy atom. The van der Waals surface area contributed by atoms with Crippen LogP contribution in [-0.2, 0) is 14.3 Å². The SMILES string of the molecule is CC(=O)CC(=O)OCCCBr. The van der Waals surface area contributed by atoms with Crippen molar-refractivity contribution in [2.24, 2.45) is 0 Å². The molecule has 0 amide bonds. The zero-order valence-electron chi connectivity index (χ0n) is 6.43. The summed E-state index contributed by atoms with van der Waals surface area (Å²) in [6.07, 6.45) is 0.673. The normalized spacial score (nSPS) is 9.27. The smallest absolute Gasteiger partial charge is 0.313 e. The highest BCUT2D eigenvalue weighted by Crippen LogP contribution is 1.92. The van der Waals surface area contributed by atoms with Gasteiger partial charge < -0.3 is 4.74 Å². The summed E-state index contributed by atoms with van der Waals surface area (Å²) >= 11 is 3.19. The summed E-state index contributed by atoms with van der Waals surface area (Å²) in [5.74, 6) is -0.590. The average molecular weight is 223 g/mol. The Labute approximate surface area is 74.2 Å². The molecular weight excluding hydrogens is 212 g/mol. The van der Waals surface area contributed by atoms with Gasteiger partial charge in [-0.3, -0.25) is 9.59 Å². The fraction of sp³-hybridized carbons (Fsp3) is 0.714. The third-order valence-corrected chi connectivity index (χ3v) is 1.50. The van der Waals surface area contributed by atoms with Gasteiger partial charge in [0.05, 0.1) is 6.61 Å². The van der Waals surface area contributed by atoms with E-state index in [0.717, 1.165) is 11.8 Å². The van der Waals surface area contributed by atoms with E-state index in [1.54, 1.807) is 0 Å². The van der Waals surface area contributed by atoms with E-state index in [1.165, 1.54) is 6.92 Å². The van der Waals surface area contributed by atoms with Gasteiger partial charge in [-0.2, -0.15) is 0 Å². The molecule has 0 rings (SSSR count). The van der Waals surface area contributed by atoms with Crippen LogP contribution in [0.2, 0.25) is 0 Å². The molecule has 11 heavy (non-hydrogen) atoms. The van der Waals surface area contributed by atoms with E-state index in [4.69, 9.17) is 4.74 Å². The molecule has 0 bridgehead atoms. The molecule has 0 aromatic carbocycles. The lowest BCUT2D eigenvalue weighted by molar-refractivity contribution is -0.145. The molecule has 0 spiro atoms. The number of carbonyl (C=O) groups is 2. The van der Waals surface area contributed by atoms with Gasteiger partial charge in [0.1, 0.15) is 12.2 Å². The van der Waals surface area contributed by atoms with Gasteiger partial charge in [0, 0.05) is 5.33 Å². The van der Waals surface area contributed by atoms with Crippen LogP contribution in [0.4, 0.5) is 0 Å². The summed E-state index contributed by atoms with van der Waals surface area (Å²) in [7, 11) is 0. The fourth-order valence-corrected chi connectivity index (χ4v) is 0.724. The Bertz CT molecular complexity index is 145. The standard InChI is InChI=1S/C7H11BrO3/c1-6(9)5-7(10)11-4-2-3-8/h2-5H2,1H3. The molecule has 0 N–H and O–H groups in total. The lowest BCUT2D eigenvalue weighted by Crippen LogP contribution is -2.09. The first-order valence-electron chi connectivity index (χ1n) is 3.38. The molecule has 0 heterocycles. The van der Waals surface area contributed by atoms with Crippen LogP contribution in [0.25, 0.3) is 0 Å². The summed E-state index contributed by atoms with van der Waals surface area (Å²) in [5.41, 5.74) is 0. The third-order valence-electron chi connectivity index (χ3n) is 0.934. The van der Waals surface area contributed by atoms with Crippen molar-refractivity contribution in [3.05, 3.63) is 0 Å². The van der Waals surface area contributed by atoms with Gasteiger partial charge in [-0.1, -0.05) is 15.9 Å². The highest BCUT2D eigenvalue weighted by atomic mass is 79.9. The predicted molar refractivity (Wildman–Crippen MR) is 44.7 cm³/mol. The Kier molecular flexibility index (Phi) is 6.12. The van der Waals surface area contributed by atoms with Gasteiger partial charge in [0.2, 0.25) is 0 Å². The summed E-state index contributed by atoms with van der Waals surface area (Å²) in [5, 5.41) is 0.806. The number of ketones is 1. The van der Waals surface area contributed by atoms with Crippen LogP contribution in [0.5, 0.6) is 0 Å². The van der Waals surface area contributed by atoms with Crippen LogP contribution in [0.15, 0.2) is 0 Å². The summed E-state index contributed by atoms with van der Waals surface area (Å²) in [6, 6.07) is 0. The highest BCUT2D eigenvalue weighted by Gasteiger charge is 2.04. The van der Waals surface area contributed by atoms with Crippen LogP contribution < -0.4 is 0 Å². The molecule has 0 saturated carbocycles. The summed E-state index contributed by atoms with van der Waals surface area (Å²) < 4.78 is 4.70. The second-order valence-electron chi connectivity index (χ2n) is 2.14. The molecule has 0 aromatic rings. The second kappa shape index (κ2) is 6.34. The quantitative estimate of drug-likeness (QED) is 0.305. The number of hydrogen-bond donors (Lipinski definition) is 0. The largest absolute Gasteiger partial charge is 0.465 e. The Morgan fingerprint density at radius 1 is 1.45 bits per heavy atom. The van der Waals surface area contributed by atoms with Crippen LogP contribution in [0, 0.1) is 0 Å². The predicted octanol–water partition coefficient (Wildman–Crippen LogP) is 1.29. The fourth-order valence-electron chi connectivity index (χ4n) is 0.495. The van der Waals surface area contributed by atoms with Crippen molar-refractivity contribution in [1.29, 1.82) is 0 Å². The highest BCUT2D eigenvalue weighted by molar-refractivity contribution is 9.09. The van der Waals surface area contributed by atoms with Crippen LogP contribution in [-0.4, -0.2) is 23.7 Å². The van der Waals surface area contributed by atoms with Crippen LogP contribution in [0.3, 0.4) is 0 Å². The molecule has 0 unspecified atom stereocenters. The summed E-state index contributed by atoms with van der Waals surface area (Å²) in [4.78, 5) is 21.0. The minimum absolute atomic E-state index is 0.109. The molecule has 4 heteroatoms. The summed E-state index contributed by atoms with van der Waals surface area (Å²) in [6.45, 7) is 1.75. The Hall–Kier alpha value is -0.380. The minimum atomic E-state index is -0.432. The topological polar surface area (TPSA) is 43.4 Å². The number of ether oxygens (including phenoxy) is 1.